The number of nitrogen functional groups attached to an aromatic ring is 1. The second kappa shape index (κ2) is 8.41. The van der Waals surface area contributed by atoms with Gasteiger partial charge in [0.25, 0.3) is 0 Å². The minimum absolute atomic E-state index is 0.282. The van der Waals surface area contributed by atoms with Crippen molar-refractivity contribution in [2.24, 2.45) is 0 Å². The number of morpholine rings is 1. The Morgan fingerprint density at radius 1 is 1.29 bits per heavy atom. The molecular formula is C17H22BrN5O. The van der Waals surface area contributed by atoms with E-state index in [-0.39, 0.29) is 5.95 Å². The highest BCUT2D eigenvalue weighted by molar-refractivity contribution is 9.10. The summed E-state index contributed by atoms with van der Waals surface area (Å²) in [6, 6.07) is 8.08. The lowest BCUT2D eigenvalue weighted by molar-refractivity contribution is 0.0378. The number of halogens is 1. The number of hydrogen-bond donors (Lipinski definition) is 2. The summed E-state index contributed by atoms with van der Waals surface area (Å²) >= 11 is 3.50. The quantitative estimate of drug-likeness (QED) is 0.737. The number of rotatable bonds is 6. The largest absolute Gasteiger partial charge is 0.379 e. The van der Waals surface area contributed by atoms with Gasteiger partial charge in [-0.05, 0) is 30.7 Å². The van der Waals surface area contributed by atoms with Crippen LogP contribution in [0.1, 0.15) is 6.42 Å². The number of anilines is 2. The molecule has 1 aliphatic heterocycles. The Morgan fingerprint density at radius 3 is 2.92 bits per heavy atom. The van der Waals surface area contributed by atoms with Gasteiger partial charge in [0, 0.05) is 35.9 Å². The van der Waals surface area contributed by atoms with Gasteiger partial charge >= 0.3 is 0 Å². The highest BCUT2D eigenvalue weighted by atomic mass is 79.9. The lowest BCUT2D eigenvalue weighted by atomic mass is 10.1. The minimum Gasteiger partial charge on any atom is -0.379 e. The molecule has 128 valence electrons. The van der Waals surface area contributed by atoms with Crippen molar-refractivity contribution in [3.05, 3.63) is 34.9 Å². The average molecular weight is 392 g/mol. The number of nitrogens with zero attached hydrogens (tertiary/aromatic N) is 3. The molecule has 1 fully saturated rings. The van der Waals surface area contributed by atoms with E-state index in [9.17, 15) is 0 Å². The molecule has 7 heteroatoms. The van der Waals surface area contributed by atoms with Gasteiger partial charge in [0.05, 0.1) is 13.2 Å². The molecule has 1 saturated heterocycles. The molecule has 0 radical (unpaired) electrons. The summed E-state index contributed by atoms with van der Waals surface area (Å²) in [5.41, 5.74) is 7.77. The fraction of sp³-hybridized carbons (Fsp3) is 0.412. The molecule has 0 saturated carbocycles. The summed E-state index contributed by atoms with van der Waals surface area (Å²) in [5.74, 6) is 1.06. The first-order chi connectivity index (χ1) is 11.7. The van der Waals surface area contributed by atoms with Crippen LogP contribution in [0.5, 0.6) is 0 Å². The van der Waals surface area contributed by atoms with Crippen LogP contribution in [0.25, 0.3) is 11.1 Å². The third-order valence-corrected chi connectivity index (χ3v) is 4.48. The number of ether oxygens (including phenoxy) is 1. The number of hydrogen-bond acceptors (Lipinski definition) is 6. The Hall–Kier alpha value is -1.70. The van der Waals surface area contributed by atoms with E-state index in [0.29, 0.717) is 0 Å². The third-order valence-electron chi connectivity index (χ3n) is 3.99. The van der Waals surface area contributed by atoms with Crippen LogP contribution in [-0.2, 0) is 4.74 Å². The van der Waals surface area contributed by atoms with E-state index < -0.39 is 0 Å². The van der Waals surface area contributed by atoms with Gasteiger partial charge in [0.2, 0.25) is 5.95 Å². The zero-order valence-corrected chi connectivity index (χ0v) is 15.1. The Bertz CT molecular complexity index is 676. The maximum atomic E-state index is 5.76. The van der Waals surface area contributed by atoms with Gasteiger partial charge in [-0.15, -0.1) is 0 Å². The topological polar surface area (TPSA) is 76.3 Å². The SMILES string of the molecule is Nc1ncc(-c2cccc(Br)c2)c(NCCCN2CCOCC2)n1. The van der Waals surface area contributed by atoms with Crippen LogP contribution in [0.15, 0.2) is 34.9 Å². The molecular weight excluding hydrogens is 370 g/mol. The molecule has 24 heavy (non-hydrogen) atoms. The second-order valence-electron chi connectivity index (χ2n) is 5.74. The van der Waals surface area contributed by atoms with E-state index in [0.717, 1.165) is 67.2 Å². The van der Waals surface area contributed by atoms with Crippen molar-refractivity contribution in [1.29, 1.82) is 0 Å². The molecule has 2 heterocycles. The summed E-state index contributed by atoms with van der Waals surface area (Å²) in [4.78, 5) is 10.9. The second-order valence-corrected chi connectivity index (χ2v) is 6.65. The molecule has 3 N–H and O–H groups in total. The zero-order valence-electron chi connectivity index (χ0n) is 13.5. The van der Waals surface area contributed by atoms with Gasteiger partial charge in [0.15, 0.2) is 0 Å². The Labute approximate surface area is 150 Å². The standard InChI is InChI=1S/C17H22BrN5O/c18-14-4-1-3-13(11-14)15-12-21-17(19)22-16(15)20-5-2-6-23-7-9-24-10-8-23/h1,3-4,11-12H,2,5-10H2,(H3,19,20,21,22). The predicted molar refractivity (Wildman–Crippen MR) is 99.9 cm³/mol. The Balaban J connectivity index is 1.63. The smallest absolute Gasteiger partial charge is 0.221 e. The van der Waals surface area contributed by atoms with E-state index in [1.165, 1.54) is 0 Å². The first-order valence-corrected chi connectivity index (χ1v) is 8.94. The summed E-state index contributed by atoms with van der Waals surface area (Å²) < 4.78 is 6.39. The maximum absolute atomic E-state index is 5.76. The van der Waals surface area contributed by atoms with Crippen molar-refractivity contribution < 1.29 is 4.74 Å². The number of nitrogens with one attached hydrogen (secondary N) is 1. The third kappa shape index (κ3) is 4.66. The fourth-order valence-electron chi connectivity index (χ4n) is 2.73. The highest BCUT2D eigenvalue weighted by Gasteiger charge is 2.11. The molecule has 1 aliphatic rings. The van der Waals surface area contributed by atoms with Crippen LogP contribution in [0.3, 0.4) is 0 Å². The van der Waals surface area contributed by atoms with Crippen LogP contribution in [0.2, 0.25) is 0 Å². The first-order valence-electron chi connectivity index (χ1n) is 8.15. The van der Waals surface area contributed by atoms with Crippen molar-refractivity contribution in [3.8, 4) is 11.1 Å². The van der Waals surface area contributed by atoms with E-state index in [4.69, 9.17) is 10.5 Å². The molecule has 0 bridgehead atoms. The zero-order chi connectivity index (χ0) is 16.8. The monoisotopic (exact) mass is 391 g/mol. The van der Waals surface area contributed by atoms with E-state index in [2.05, 4.69) is 36.1 Å². The van der Waals surface area contributed by atoms with Gasteiger partial charge in [-0.25, -0.2) is 4.98 Å². The van der Waals surface area contributed by atoms with Crippen molar-refractivity contribution in [1.82, 2.24) is 14.9 Å². The van der Waals surface area contributed by atoms with Crippen molar-refractivity contribution in [2.75, 3.05) is 50.4 Å². The molecule has 0 unspecified atom stereocenters. The molecule has 0 spiro atoms. The van der Waals surface area contributed by atoms with Crippen LogP contribution in [0.4, 0.5) is 11.8 Å². The lowest BCUT2D eigenvalue weighted by Crippen LogP contribution is -2.37. The fourth-order valence-corrected chi connectivity index (χ4v) is 3.13. The Morgan fingerprint density at radius 2 is 2.12 bits per heavy atom. The van der Waals surface area contributed by atoms with Crippen molar-refractivity contribution in [3.63, 3.8) is 0 Å². The van der Waals surface area contributed by atoms with Crippen molar-refractivity contribution >= 4 is 27.7 Å². The van der Waals surface area contributed by atoms with E-state index in [1.54, 1.807) is 6.20 Å². The van der Waals surface area contributed by atoms with E-state index >= 15 is 0 Å². The molecule has 6 nitrogen and oxygen atoms in total. The molecule has 3 rings (SSSR count). The van der Waals surface area contributed by atoms with E-state index in [1.807, 2.05) is 24.3 Å². The lowest BCUT2D eigenvalue weighted by Gasteiger charge is -2.26. The van der Waals surface area contributed by atoms with Gasteiger partial charge in [-0.1, -0.05) is 28.1 Å². The van der Waals surface area contributed by atoms with Crippen LogP contribution in [0, 0.1) is 0 Å². The van der Waals surface area contributed by atoms with Crippen LogP contribution >= 0.6 is 15.9 Å². The molecule has 0 aliphatic carbocycles. The number of aromatic nitrogens is 2. The number of nitrogens with two attached hydrogens (primary N) is 1. The van der Waals surface area contributed by atoms with Crippen LogP contribution in [-0.4, -0.2) is 54.3 Å². The predicted octanol–water partition coefficient (Wildman–Crippen LogP) is 2.62. The highest BCUT2D eigenvalue weighted by Crippen LogP contribution is 2.28. The van der Waals surface area contributed by atoms with Crippen molar-refractivity contribution in [2.45, 2.75) is 6.42 Å². The maximum Gasteiger partial charge on any atom is 0.221 e. The van der Waals surface area contributed by atoms with Gasteiger partial charge in [-0.2, -0.15) is 4.98 Å². The number of benzene rings is 1. The molecule has 0 atom stereocenters. The summed E-state index contributed by atoms with van der Waals surface area (Å²) in [7, 11) is 0. The summed E-state index contributed by atoms with van der Waals surface area (Å²) in [5, 5.41) is 3.41. The molecule has 1 aromatic carbocycles. The first kappa shape index (κ1) is 17.1. The molecule has 2 aromatic rings. The average Bonchev–Trinajstić information content (AvgIpc) is 2.60. The minimum atomic E-state index is 0.282. The van der Waals surface area contributed by atoms with Gasteiger partial charge < -0.3 is 15.8 Å². The Kier molecular flexibility index (Phi) is 6.01. The van der Waals surface area contributed by atoms with Crippen LogP contribution < -0.4 is 11.1 Å². The normalized spacial score (nSPS) is 15.4. The summed E-state index contributed by atoms with van der Waals surface area (Å²) in [6.07, 6.45) is 2.82. The molecule has 1 aromatic heterocycles. The summed E-state index contributed by atoms with van der Waals surface area (Å²) in [6.45, 7) is 5.61. The van der Waals surface area contributed by atoms with Gasteiger partial charge in [0.1, 0.15) is 5.82 Å². The molecule has 0 amide bonds. The van der Waals surface area contributed by atoms with Gasteiger partial charge in [-0.3, -0.25) is 4.90 Å².